The summed E-state index contributed by atoms with van der Waals surface area (Å²) in [6.45, 7) is 1.45. The molecule has 1 aliphatic rings. The molecule has 5 heteroatoms. The summed E-state index contributed by atoms with van der Waals surface area (Å²) in [7, 11) is 0. The number of likely N-dealkylation sites (tertiary alicyclic amines) is 1. The minimum Gasteiger partial charge on any atom is -0.467 e. The summed E-state index contributed by atoms with van der Waals surface area (Å²) in [5, 5.41) is 0.726. The maximum absolute atomic E-state index is 12.5. The van der Waals surface area contributed by atoms with Gasteiger partial charge in [0.2, 0.25) is 0 Å². The van der Waals surface area contributed by atoms with Crippen LogP contribution < -0.4 is 4.74 Å². The number of carbonyl (C=O) groups is 1. The number of para-hydroxylation sites is 1. The van der Waals surface area contributed by atoms with Crippen molar-refractivity contribution in [1.29, 1.82) is 0 Å². The number of nitrogens with zero attached hydrogens (tertiary/aromatic N) is 2. The fourth-order valence-electron chi connectivity index (χ4n) is 2.98. The van der Waals surface area contributed by atoms with Gasteiger partial charge >= 0.3 is 0 Å². The highest BCUT2D eigenvalue weighted by Crippen LogP contribution is 2.29. The number of hydrogen-bond donors (Lipinski definition) is 0. The summed E-state index contributed by atoms with van der Waals surface area (Å²) >= 11 is 1.58. The second-order valence-corrected chi connectivity index (χ2v) is 6.92. The van der Waals surface area contributed by atoms with E-state index >= 15 is 0 Å². The maximum Gasteiger partial charge on any atom is 0.274 e. The average Bonchev–Trinajstić information content (AvgIpc) is 3.05. The Hall–Kier alpha value is -2.40. The van der Waals surface area contributed by atoms with Crippen molar-refractivity contribution in [2.75, 3.05) is 13.1 Å². The van der Waals surface area contributed by atoms with Gasteiger partial charge in [-0.25, -0.2) is 4.98 Å². The van der Waals surface area contributed by atoms with Gasteiger partial charge in [-0.3, -0.25) is 4.79 Å². The molecule has 1 aliphatic heterocycles. The smallest absolute Gasteiger partial charge is 0.274 e. The second kappa shape index (κ2) is 6.61. The second-order valence-electron chi connectivity index (χ2n) is 5.92. The molecule has 4 nitrogen and oxygen atoms in total. The molecular weight excluding hydrogens is 320 g/mol. The van der Waals surface area contributed by atoms with Gasteiger partial charge in [0.15, 0.2) is 0 Å². The fraction of sp³-hybridized carbons (Fsp3) is 0.263. The normalized spacial score (nSPS) is 15.6. The third-order valence-corrected chi connectivity index (χ3v) is 5.22. The van der Waals surface area contributed by atoms with Gasteiger partial charge in [-0.1, -0.05) is 41.7 Å². The van der Waals surface area contributed by atoms with Gasteiger partial charge in [0.1, 0.15) is 6.10 Å². The largest absolute Gasteiger partial charge is 0.467 e. The average molecular weight is 338 g/mol. The highest BCUT2D eigenvalue weighted by atomic mass is 32.1. The van der Waals surface area contributed by atoms with Gasteiger partial charge in [-0.15, -0.1) is 0 Å². The number of rotatable bonds is 3. The summed E-state index contributed by atoms with van der Waals surface area (Å²) in [4.78, 5) is 18.9. The molecule has 0 N–H and O–H groups in total. The van der Waals surface area contributed by atoms with E-state index in [-0.39, 0.29) is 12.0 Å². The Morgan fingerprint density at radius 3 is 2.50 bits per heavy atom. The van der Waals surface area contributed by atoms with E-state index in [1.54, 1.807) is 11.3 Å². The van der Waals surface area contributed by atoms with Crippen molar-refractivity contribution >= 4 is 27.5 Å². The molecule has 1 aromatic heterocycles. The SMILES string of the molecule is O=C(c1ccccc1)N1CCC(Oc2nc3ccccc3s2)CC1. The highest BCUT2D eigenvalue weighted by Gasteiger charge is 2.25. The molecule has 1 fully saturated rings. The standard InChI is InChI=1S/C19H18N2O2S/c22-18(14-6-2-1-3-7-14)21-12-10-15(11-13-21)23-19-20-16-8-4-5-9-17(16)24-19/h1-9,15H,10-13H2. The van der Waals surface area contributed by atoms with Crippen molar-refractivity contribution in [2.24, 2.45) is 0 Å². The van der Waals surface area contributed by atoms with Crippen LogP contribution >= 0.6 is 11.3 Å². The molecule has 2 heterocycles. The minimum absolute atomic E-state index is 0.106. The van der Waals surface area contributed by atoms with Crippen molar-refractivity contribution in [3.8, 4) is 5.19 Å². The molecule has 24 heavy (non-hydrogen) atoms. The van der Waals surface area contributed by atoms with E-state index in [9.17, 15) is 4.79 Å². The van der Waals surface area contributed by atoms with E-state index in [4.69, 9.17) is 4.74 Å². The molecular formula is C19H18N2O2S. The van der Waals surface area contributed by atoms with E-state index in [1.165, 1.54) is 0 Å². The van der Waals surface area contributed by atoms with Crippen LogP contribution in [0.4, 0.5) is 0 Å². The molecule has 0 bridgehead atoms. The monoisotopic (exact) mass is 338 g/mol. The molecule has 0 atom stereocenters. The van der Waals surface area contributed by atoms with E-state index < -0.39 is 0 Å². The number of benzene rings is 2. The van der Waals surface area contributed by atoms with Crippen LogP contribution in [0.1, 0.15) is 23.2 Å². The van der Waals surface area contributed by atoms with Crippen LogP contribution in [0, 0.1) is 0 Å². The first-order valence-electron chi connectivity index (χ1n) is 8.16. The molecule has 0 saturated carbocycles. The summed E-state index contributed by atoms with van der Waals surface area (Å²) in [6.07, 6.45) is 1.81. The first kappa shape index (κ1) is 15.1. The molecule has 1 saturated heterocycles. The summed E-state index contributed by atoms with van der Waals surface area (Å²) in [5.74, 6) is 0.106. The van der Waals surface area contributed by atoms with Gasteiger partial charge in [0.25, 0.3) is 11.1 Å². The van der Waals surface area contributed by atoms with Gasteiger partial charge in [-0.2, -0.15) is 0 Å². The summed E-state index contributed by atoms with van der Waals surface area (Å²) < 4.78 is 7.19. The quantitative estimate of drug-likeness (QED) is 0.725. The number of carbonyl (C=O) groups excluding carboxylic acids is 1. The lowest BCUT2D eigenvalue weighted by Gasteiger charge is -2.31. The molecule has 1 amide bonds. The lowest BCUT2D eigenvalue weighted by Crippen LogP contribution is -2.41. The zero-order valence-electron chi connectivity index (χ0n) is 13.2. The lowest BCUT2D eigenvalue weighted by atomic mass is 10.1. The number of hydrogen-bond acceptors (Lipinski definition) is 4. The summed E-state index contributed by atoms with van der Waals surface area (Å²) in [6, 6.07) is 17.5. The Balaban J connectivity index is 1.37. The topological polar surface area (TPSA) is 42.4 Å². The Bertz CT molecular complexity index is 806. The van der Waals surface area contributed by atoms with Crippen molar-refractivity contribution in [3.05, 3.63) is 60.2 Å². The Morgan fingerprint density at radius 1 is 1.04 bits per heavy atom. The Morgan fingerprint density at radius 2 is 1.75 bits per heavy atom. The van der Waals surface area contributed by atoms with Crippen molar-refractivity contribution in [3.63, 3.8) is 0 Å². The Labute approximate surface area is 144 Å². The van der Waals surface area contributed by atoms with E-state index in [0.29, 0.717) is 0 Å². The van der Waals surface area contributed by atoms with Crippen LogP contribution in [-0.2, 0) is 0 Å². The highest BCUT2D eigenvalue weighted by molar-refractivity contribution is 7.20. The number of fused-ring (bicyclic) bond motifs is 1. The number of ether oxygens (including phenoxy) is 1. The molecule has 0 aliphatic carbocycles. The van der Waals surface area contributed by atoms with Crippen molar-refractivity contribution < 1.29 is 9.53 Å². The van der Waals surface area contributed by atoms with Crippen LogP contribution in [0.2, 0.25) is 0 Å². The first-order valence-corrected chi connectivity index (χ1v) is 8.98. The van der Waals surface area contributed by atoms with Crippen LogP contribution in [0.3, 0.4) is 0 Å². The molecule has 4 rings (SSSR count). The third kappa shape index (κ3) is 3.12. The minimum atomic E-state index is 0.106. The van der Waals surface area contributed by atoms with Gasteiger partial charge in [-0.05, 0) is 24.3 Å². The molecule has 3 aromatic rings. The van der Waals surface area contributed by atoms with Gasteiger partial charge < -0.3 is 9.64 Å². The van der Waals surface area contributed by atoms with E-state index in [0.717, 1.165) is 46.9 Å². The molecule has 0 spiro atoms. The molecule has 0 unspecified atom stereocenters. The number of amides is 1. The number of thiazole rings is 1. The van der Waals surface area contributed by atoms with Crippen molar-refractivity contribution in [1.82, 2.24) is 9.88 Å². The fourth-order valence-corrected chi connectivity index (χ4v) is 3.87. The van der Waals surface area contributed by atoms with Crippen LogP contribution in [0.15, 0.2) is 54.6 Å². The van der Waals surface area contributed by atoms with Crippen LogP contribution in [0.5, 0.6) is 5.19 Å². The third-order valence-electron chi connectivity index (χ3n) is 4.29. The molecule has 2 aromatic carbocycles. The van der Waals surface area contributed by atoms with E-state index in [2.05, 4.69) is 11.1 Å². The predicted molar refractivity (Wildman–Crippen MR) is 95.6 cm³/mol. The zero-order chi connectivity index (χ0) is 16.4. The first-order chi connectivity index (χ1) is 11.8. The van der Waals surface area contributed by atoms with Gasteiger partial charge in [0.05, 0.1) is 10.2 Å². The summed E-state index contributed by atoms with van der Waals surface area (Å²) in [5.41, 5.74) is 1.73. The number of aromatic nitrogens is 1. The van der Waals surface area contributed by atoms with Crippen molar-refractivity contribution in [2.45, 2.75) is 18.9 Å². The lowest BCUT2D eigenvalue weighted by molar-refractivity contribution is 0.0595. The van der Waals surface area contributed by atoms with Crippen LogP contribution in [-0.4, -0.2) is 35.0 Å². The zero-order valence-corrected chi connectivity index (χ0v) is 14.0. The molecule has 122 valence electrons. The maximum atomic E-state index is 12.5. The number of piperidine rings is 1. The van der Waals surface area contributed by atoms with E-state index in [1.807, 2.05) is 53.4 Å². The molecule has 0 radical (unpaired) electrons. The predicted octanol–water partition coefficient (Wildman–Crippen LogP) is 3.98. The van der Waals surface area contributed by atoms with Gasteiger partial charge in [0, 0.05) is 31.5 Å². The van der Waals surface area contributed by atoms with Crippen LogP contribution in [0.25, 0.3) is 10.2 Å². The Kier molecular flexibility index (Phi) is 4.17.